The number of rotatable bonds is 0. The van der Waals surface area contributed by atoms with Gasteiger partial charge in [-0.2, -0.15) is 0 Å². The van der Waals surface area contributed by atoms with Crippen molar-refractivity contribution in [3.63, 3.8) is 0 Å². The molecule has 0 aliphatic heterocycles. The van der Waals surface area contributed by atoms with Gasteiger partial charge in [-0.15, -0.1) is 0 Å². The van der Waals surface area contributed by atoms with Crippen LogP contribution in [0.5, 0.6) is 0 Å². The maximum Gasteiger partial charge on any atom is 0.259 e. The molecule has 0 saturated heterocycles. The first-order valence-electron chi connectivity index (χ1n) is 4.36. The van der Waals surface area contributed by atoms with Gasteiger partial charge in [-0.25, -0.2) is 4.98 Å². The molecule has 2 rings (SSSR count). The molecule has 0 unspecified atom stereocenters. The first-order chi connectivity index (χ1) is 7.00. The summed E-state index contributed by atoms with van der Waals surface area (Å²) in [6, 6.07) is 1.69. The zero-order valence-electron chi connectivity index (χ0n) is 8.19. The highest BCUT2D eigenvalue weighted by atomic mass is 79.9. The highest BCUT2D eigenvalue weighted by Crippen LogP contribution is 2.30. The molecule has 0 aliphatic rings. The third kappa shape index (κ3) is 1.68. The predicted octanol–water partition coefficient (Wildman–Crippen LogP) is 2.96. The number of aromatic amines is 1. The van der Waals surface area contributed by atoms with Gasteiger partial charge in [0.25, 0.3) is 5.56 Å². The number of halogens is 2. The number of hydrogen-bond donors (Lipinski definition) is 1. The van der Waals surface area contributed by atoms with Crippen LogP contribution in [0.25, 0.3) is 10.9 Å². The fourth-order valence-corrected chi connectivity index (χ4v) is 2.10. The van der Waals surface area contributed by atoms with Gasteiger partial charge in [-0.3, -0.25) is 4.79 Å². The summed E-state index contributed by atoms with van der Waals surface area (Å²) in [6.07, 6.45) is 0. The summed E-state index contributed by atoms with van der Waals surface area (Å²) >= 11 is 9.34. The number of nitrogens with one attached hydrogen (secondary N) is 1. The fourth-order valence-electron chi connectivity index (χ4n) is 1.55. The van der Waals surface area contributed by atoms with Gasteiger partial charge in [0.2, 0.25) is 0 Å². The van der Waals surface area contributed by atoms with Gasteiger partial charge in [0.05, 0.1) is 15.9 Å². The summed E-state index contributed by atoms with van der Waals surface area (Å²) in [4.78, 5) is 18.6. The molecular weight excluding hydrogens is 279 g/mol. The van der Waals surface area contributed by atoms with E-state index in [1.165, 1.54) is 0 Å². The standard InChI is InChI=1S/C10H8BrClN2O/c1-4-8-7(3-6(12)9(4)11)13-5(2)14-10(8)15/h3H,1-2H3,(H,13,14,15). The Morgan fingerprint density at radius 2 is 2.13 bits per heavy atom. The molecule has 2 aromatic rings. The second-order valence-corrected chi connectivity index (χ2v) is 4.54. The van der Waals surface area contributed by atoms with E-state index in [9.17, 15) is 4.79 Å². The minimum Gasteiger partial charge on any atom is -0.310 e. The molecule has 0 spiro atoms. The zero-order chi connectivity index (χ0) is 11.2. The monoisotopic (exact) mass is 286 g/mol. The van der Waals surface area contributed by atoms with E-state index >= 15 is 0 Å². The number of benzene rings is 1. The molecule has 0 atom stereocenters. The Balaban J connectivity index is 3.06. The van der Waals surface area contributed by atoms with Crippen molar-refractivity contribution in [1.82, 2.24) is 9.97 Å². The van der Waals surface area contributed by atoms with E-state index in [1.807, 2.05) is 6.92 Å². The van der Waals surface area contributed by atoms with Crippen LogP contribution in [0.3, 0.4) is 0 Å². The molecule has 0 radical (unpaired) electrons. The van der Waals surface area contributed by atoms with E-state index in [4.69, 9.17) is 11.6 Å². The van der Waals surface area contributed by atoms with Gasteiger partial charge in [-0.1, -0.05) is 11.6 Å². The smallest absolute Gasteiger partial charge is 0.259 e. The summed E-state index contributed by atoms with van der Waals surface area (Å²) in [7, 11) is 0. The van der Waals surface area contributed by atoms with Gasteiger partial charge in [0, 0.05) is 4.47 Å². The van der Waals surface area contributed by atoms with Crippen LogP contribution < -0.4 is 5.56 Å². The summed E-state index contributed by atoms with van der Waals surface area (Å²) in [6.45, 7) is 3.58. The van der Waals surface area contributed by atoms with Gasteiger partial charge in [0.1, 0.15) is 5.82 Å². The maximum absolute atomic E-state index is 11.7. The average molecular weight is 288 g/mol. The van der Waals surface area contributed by atoms with Crippen molar-refractivity contribution in [2.24, 2.45) is 0 Å². The quantitative estimate of drug-likeness (QED) is 0.810. The topological polar surface area (TPSA) is 45.8 Å². The Labute approximate surface area is 99.6 Å². The number of fused-ring (bicyclic) bond motifs is 1. The number of H-pyrrole nitrogens is 1. The van der Waals surface area contributed by atoms with Crippen molar-refractivity contribution in [1.29, 1.82) is 0 Å². The van der Waals surface area contributed by atoms with Crippen LogP contribution in [-0.2, 0) is 0 Å². The lowest BCUT2D eigenvalue weighted by atomic mass is 10.1. The lowest BCUT2D eigenvalue weighted by Gasteiger charge is -2.05. The fraction of sp³-hybridized carbons (Fsp3) is 0.200. The molecule has 0 saturated carbocycles. The predicted molar refractivity (Wildman–Crippen MR) is 64.5 cm³/mol. The second kappa shape index (κ2) is 3.61. The first kappa shape index (κ1) is 10.6. The summed E-state index contributed by atoms with van der Waals surface area (Å²) in [5, 5.41) is 1.15. The first-order valence-corrected chi connectivity index (χ1v) is 5.53. The summed E-state index contributed by atoms with van der Waals surface area (Å²) in [5.74, 6) is 0.588. The van der Waals surface area contributed by atoms with E-state index in [1.54, 1.807) is 13.0 Å². The molecule has 0 aliphatic carbocycles. The summed E-state index contributed by atoms with van der Waals surface area (Å²) in [5.41, 5.74) is 1.31. The Kier molecular flexibility index (Phi) is 2.56. The Hall–Kier alpha value is -0.870. The van der Waals surface area contributed by atoms with Crippen LogP contribution >= 0.6 is 27.5 Å². The van der Waals surface area contributed by atoms with Gasteiger partial charge >= 0.3 is 0 Å². The molecule has 5 heteroatoms. The molecular formula is C10H8BrClN2O. The van der Waals surface area contributed by atoms with E-state index in [0.29, 0.717) is 21.7 Å². The van der Waals surface area contributed by atoms with Gasteiger partial charge in [-0.05, 0) is 41.4 Å². The maximum atomic E-state index is 11.7. The van der Waals surface area contributed by atoms with E-state index in [0.717, 1.165) is 10.0 Å². The molecule has 1 aromatic carbocycles. The molecule has 1 heterocycles. The highest BCUT2D eigenvalue weighted by Gasteiger charge is 2.10. The Bertz CT molecular complexity index is 606. The third-order valence-electron chi connectivity index (χ3n) is 2.24. The van der Waals surface area contributed by atoms with E-state index < -0.39 is 0 Å². The molecule has 0 bridgehead atoms. The van der Waals surface area contributed by atoms with Crippen molar-refractivity contribution in [2.45, 2.75) is 13.8 Å². The number of aryl methyl sites for hydroxylation is 2. The third-order valence-corrected chi connectivity index (χ3v) is 3.79. The minimum atomic E-state index is -0.132. The van der Waals surface area contributed by atoms with E-state index in [-0.39, 0.29) is 5.56 Å². The molecule has 1 aromatic heterocycles. The van der Waals surface area contributed by atoms with Crippen LogP contribution in [0.2, 0.25) is 5.02 Å². The number of aromatic nitrogens is 2. The highest BCUT2D eigenvalue weighted by molar-refractivity contribution is 9.10. The molecule has 3 nitrogen and oxygen atoms in total. The van der Waals surface area contributed by atoms with Crippen LogP contribution in [0.1, 0.15) is 11.4 Å². The van der Waals surface area contributed by atoms with Crippen molar-refractivity contribution in [3.05, 3.63) is 37.3 Å². The zero-order valence-corrected chi connectivity index (χ0v) is 10.5. The minimum absolute atomic E-state index is 0.132. The van der Waals surface area contributed by atoms with E-state index in [2.05, 4.69) is 25.9 Å². The van der Waals surface area contributed by atoms with Crippen molar-refractivity contribution >= 4 is 38.4 Å². The SMILES string of the molecule is Cc1nc2cc(Cl)c(Br)c(C)c2c(=O)[nH]1. The van der Waals surface area contributed by atoms with Crippen LogP contribution in [-0.4, -0.2) is 9.97 Å². The van der Waals surface area contributed by atoms with Gasteiger partial charge in [0.15, 0.2) is 0 Å². The normalized spacial score (nSPS) is 10.9. The summed E-state index contributed by atoms with van der Waals surface area (Å²) < 4.78 is 0.743. The van der Waals surface area contributed by atoms with Gasteiger partial charge < -0.3 is 4.98 Å². The number of nitrogens with zero attached hydrogens (tertiary/aromatic N) is 1. The second-order valence-electron chi connectivity index (χ2n) is 3.34. The van der Waals surface area contributed by atoms with Crippen LogP contribution in [0.15, 0.2) is 15.3 Å². The van der Waals surface area contributed by atoms with Crippen molar-refractivity contribution < 1.29 is 0 Å². The molecule has 78 valence electrons. The largest absolute Gasteiger partial charge is 0.310 e. The lowest BCUT2D eigenvalue weighted by Crippen LogP contribution is -2.11. The molecule has 0 fully saturated rings. The Morgan fingerprint density at radius 1 is 1.47 bits per heavy atom. The van der Waals surface area contributed by atoms with Crippen molar-refractivity contribution in [3.8, 4) is 0 Å². The van der Waals surface area contributed by atoms with Crippen LogP contribution in [0, 0.1) is 13.8 Å². The lowest BCUT2D eigenvalue weighted by molar-refractivity contribution is 1.06. The molecule has 15 heavy (non-hydrogen) atoms. The average Bonchev–Trinajstić information content (AvgIpc) is 2.13. The van der Waals surface area contributed by atoms with Crippen molar-refractivity contribution in [2.75, 3.05) is 0 Å². The van der Waals surface area contributed by atoms with Crippen LogP contribution in [0.4, 0.5) is 0 Å². The Morgan fingerprint density at radius 3 is 2.80 bits per heavy atom. The molecule has 0 amide bonds. The number of hydrogen-bond acceptors (Lipinski definition) is 2. The molecule has 1 N–H and O–H groups in total.